The number of halogens is 1. The van der Waals surface area contributed by atoms with Crippen molar-refractivity contribution < 1.29 is 9.18 Å². The van der Waals surface area contributed by atoms with E-state index in [1.54, 1.807) is 0 Å². The van der Waals surface area contributed by atoms with E-state index in [1.807, 2.05) is 0 Å². The first-order chi connectivity index (χ1) is 9.32. The Morgan fingerprint density at radius 1 is 1.30 bits per heavy atom. The topological polar surface area (TPSA) is 32.3 Å². The van der Waals surface area contributed by atoms with Crippen LogP contribution in [0.25, 0.3) is 0 Å². The van der Waals surface area contributed by atoms with Crippen LogP contribution >= 0.6 is 12.6 Å². The maximum atomic E-state index is 13.1. The Morgan fingerprint density at radius 3 is 2.40 bits per heavy atom. The van der Waals surface area contributed by atoms with E-state index in [2.05, 4.69) is 50.5 Å². The summed E-state index contributed by atoms with van der Waals surface area (Å²) in [5.41, 5.74) is 0.428. The molecule has 0 radical (unpaired) electrons. The number of nitrogens with one attached hydrogen (secondary N) is 1. The predicted octanol–water partition coefficient (Wildman–Crippen LogP) is 2.96. The molecule has 20 heavy (non-hydrogen) atoms. The fourth-order valence-corrected chi connectivity index (χ4v) is 2.38. The SMILES string of the molecule is CC(C)N(CCNC(=O)c1ccc(F)c(S)c1)C(C)C. The Morgan fingerprint density at radius 2 is 1.90 bits per heavy atom. The van der Waals surface area contributed by atoms with E-state index in [1.165, 1.54) is 18.2 Å². The molecule has 1 aromatic carbocycles. The highest BCUT2D eigenvalue weighted by atomic mass is 32.1. The summed E-state index contributed by atoms with van der Waals surface area (Å²) >= 11 is 3.98. The van der Waals surface area contributed by atoms with E-state index in [9.17, 15) is 9.18 Å². The molecule has 0 unspecified atom stereocenters. The highest BCUT2D eigenvalue weighted by molar-refractivity contribution is 7.80. The molecule has 0 spiro atoms. The molecule has 0 bridgehead atoms. The van der Waals surface area contributed by atoms with Crippen LogP contribution in [-0.4, -0.2) is 36.0 Å². The molecular formula is C15H23FN2OS. The van der Waals surface area contributed by atoms with Gasteiger partial charge in [0.15, 0.2) is 0 Å². The average Bonchev–Trinajstić information content (AvgIpc) is 2.36. The summed E-state index contributed by atoms with van der Waals surface area (Å²) in [6.45, 7) is 9.89. The summed E-state index contributed by atoms with van der Waals surface area (Å²) in [5, 5.41) is 2.85. The van der Waals surface area contributed by atoms with E-state index >= 15 is 0 Å². The summed E-state index contributed by atoms with van der Waals surface area (Å²) in [5.74, 6) is -0.622. The van der Waals surface area contributed by atoms with Crippen molar-refractivity contribution >= 4 is 18.5 Å². The summed E-state index contributed by atoms with van der Waals surface area (Å²) in [7, 11) is 0. The van der Waals surface area contributed by atoms with Gasteiger partial charge in [-0.2, -0.15) is 0 Å². The van der Waals surface area contributed by atoms with Crippen molar-refractivity contribution in [2.75, 3.05) is 13.1 Å². The van der Waals surface area contributed by atoms with Crippen LogP contribution in [0.4, 0.5) is 4.39 Å². The van der Waals surface area contributed by atoms with E-state index < -0.39 is 5.82 Å². The van der Waals surface area contributed by atoms with Gasteiger partial charge in [-0.1, -0.05) is 0 Å². The zero-order valence-electron chi connectivity index (χ0n) is 12.5. The second-order valence-electron chi connectivity index (χ2n) is 5.35. The first kappa shape index (κ1) is 17.0. The Kier molecular flexibility index (Phi) is 6.49. The van der Waals surface area contributed by atoms with Gasteiger partial charge in [-0.05, 0) is 45.9 Å². The molecule has 0 aliphatic rings. The number of amides is 1. The van der Waals surface area contributed by atoms with Crippen molar-refractivity contribution in [3.63, 3.8) is 0 Å². The second kappa shape index (κ2) is 7.64. The highest BCUT2D eigenvalue weighted by Crippen LogP contribution is 2.14. The minimum atomic E-state index is -0.421. The average molecular weight is 298 g/mol. The van der Waals surface area contributed by atoms with Crippen LogP contribution in [0.1, 0.15) is 38.1 Å². The number of hydrogen-bond donors (Lipinski definition) is 2. The zero-order chi connectivity index (χ0) is 15.3. The van der Waals surface area contributed by atoms with Crippen LogP contribution in [0.5, 0.6) is 0 Å². The van der Waals surface area contributed by atoms with Gasteiger partial charge in [0.1, 0.15) is 5.82 Å². The third-order valence-corrected chi connectivity index (χ3v) is 3.53. The van der Waals surface area contributed by atoms with Gasteiger partial charge in [0, 0.05) is 35.6 Å². The minimum absolute atomic E-state index is 0.184. The lowest BCUT2D eigenvalue weighted by Gasteiger charge is -2.30. The van der Waals surface area contributed by atoms with Crippen molar-refractivity contribution in [2.45, 2.75) is 44.7 Å². The maximum Gasteiger partial charge on any atom is 0.251 e. The van der Waals surface area contributed by atoms with Gasteiger partial charge in [0.25, 0.3) is 5.91 Å². The third-order valence-electron chi connectivity index (χ3n) is 3.19. The largest absolute Gasteiger partial charge is 0.351 e. The van der Waals surface area contributed by atoms with Crippen molar-refractivity contribution in [3.05, 3.63) is 29.6 Å². The smallest absolute Gasteiger partial charge is 0.251 e. The molecule has 0 aliphatic carbocycles. The van der Waals surface area contributed by atoms with Gasteiger partial charge in [-0.3, -0.25) is 9.69 Å². The molecule has 0 aromatic heterocycles. The lowest BCUT2D eigenvalue weighted by molar-refractivity contribution is 0.0939. The predicted molar refractivity (Wildman–Crippen MR) is 83.0 cm³/mol. The molecule has 112 valence electrons. The van der Waals surface area contributed by atoms with Crippen LogP contribution in [0.3, 0.4) is 0 Å². The minimum Gasteiger partial charge on any atom is -0.351 e. The van der Waals surface area contributed by atoms with Gasteiger partial charge >= 0.3 is 0 Å². The van der Waals surface area contributed by atoms with Crippen molar-refractivity contribution in [3.8, 4) is 0 Å². The molecule has 0 saturated carbocycles. The highest BCUT2D eigenvalue weighted by Gasteiger charge is 2.13. The van der Waals surface area contributed by atoms with E-state index in [4.69, 9.17) is 0 Å². The number of hydrogen-bond acceptors (Lipinski definition) is 3. The maximum absolute atomic E-state index is 13.1. The summed E-state index contributed by atoms with van der Waals surface area (Å²) < 4.78 is 13.1. The molecule has 1 amide bonds. The lowest BCUT2D eigenvalue weighted by Crippen LogP contribution is -2.42. The van der Waals surface area contributed by atoms with Crippen molar-refractivity contribution in [2.24, 2.45) is 0 Å². The van der Waals surface area contributed by atoms with Gasteiger partial charge in [-0.15, -0.1) is 12.6 Å². The summed E-state index contributed by atoms with van der Waals surface area (Å²) in [4.78, 5) is 14.4. The molecule has 1 N–H and O–H groups in total. The standard InChI is InChI=1S/C15H23FN2OS/c1-10(2)18(11(3)4)8-7-17-15(19)12-5-6-13(16)14(20)9-12/h5-6,9-11,20H,7-8H2,1-4H3,(H,17,19). The molecule has 5 heteroatoms. The third kappa shape index (κ3) is 4.80. The number of benzene rings is 1. The number of thiol groups is 1. The van der Waals surface area contributed by atoms with E-state index in [-0.39, 0.29) is 10.8 Å². The lowest BCUT2D eigenvalue weighted by atomic mass is 10.2. The Balaban J connectivity index is 2.53. The van der Waals surface area contributed by atoms with Crippen LogP contribution in [0.2, 0.25) is 0 Å². The Hall–Kier alpha value is -1.07. The normalized spacial score (nSPS) is 11.4. The van der Waals surface area contributed by atoms with Gasteiger partial charge in [-0.25, -0.2) is 4.39 Å². The van der Waals surface area contributed by atoms with Gasteiger partial charge < -0.3 is 5.32 Å². The second-order valence-corrected chi connectivity index (χ2v) is 5.83. The van der Waals surface area contributed by atoms with E-state index in [0.717, 1.165) is 6.54 Å². The first-order valence-corrected chi connectivity index (χ1v) is 7.30. The molecule has 0 heterocycles. The molecule has 0 saturated heterocycles. The zero-order valence-corrected chi connectivity index (χ0v) is 13.4. The van der Waals surface area contributed by atoms with Gasteiger partial charge in [0.05, 0.1) is 0 Å². The van der Waals surface area contributed by atoms with Crippen LogP contribution in [-0.2, 0) is 0 Å². The van der Waals surface area contributed by atoms with E-state index in [0.29, 0.717) is 24.2 Å². The molecule has 0 aliphatic heterocycles. The Labute approximate surface area is 126 Å². The van der Waals surface area contributed by atoms with Crippen molar-refractivity contribution in [1.29, 1.82) is 0 Å². The number of rotatable bonds is 6. The molecular weight excluding hydrogens is 275 g/mol. The first-order valence-electron chi connectivity index (χ1n) is 6.85. The number of carbonyl (C=O) groups is 1. The number of carbonyl (C=O) groups excluding carboxylic acids is 1. The van der Waals surface area contributed by atoms with Crippen LogP contribution < -0.4 is 5.32 Å². The fourth-order valence-electron chi connectivity index (χ4n) is 2.17. The molecule has 1 aromatic rings. The molecule has 0 fully saturated rings. The fraction of sp³-hybridized carbons (Fsp3) is 0.533. The molecule has 1 rings (SSSR count). The monoisotopic (exact) mass is 298 g/mol. The molecule has 3 nitrogen and oxygen atoms in total. The van der Waals surface area contributed by atoms with Crippen molar-refractivity contribution in [1.82, 2.24) is 10.2 Å². The Bertz CT molecular complexity index is 455. The van der Waals surface area contributed by atoms with Crippen LogP contribution in [0.15, 0.2) is 23.1 Å². The number of nitrogens with zero attached hydrogens (tertiary/aromatic N) is 1. The summed E-state index contributed by atoms with van der Waals surface area (Å²) in [6, 6.07) is 5.03. The van der Waals surface area contributed by atoms with Crippen LogP contribution in [0, 0.1) is 5.82 Å². The summed E-state index contributed by atoms with van der Waals surface area (Å²) in [6.07, 6.45) is 0. The molecule has 0 atom stereocenters. The van der Waals surface area contributed by atoms with Gasteiger partial charge in [0.2, 0.25) is 0 Å². The quantitative estimate of drug-likeness (QED) is 0.791.